The quantitative estimate of drug-likeness (QED) is 0.561. The lowest BCUT2D eigenvalue weighted by atomic mass is 10.1. The van der Waals surface area contributed by atoms with Crippen LogP contribution in [-0.4, -0.2) is 15.7 Å². The molecule has 1 unspecified atom stereocenters. The van der Waals surface area contributed by atoms with Gasteiger partial charge >= 0.3 is 0 Å². The average molecular weight is 378 g/mol. The number of nitrogens with zero attached hydrogens (tertiary/aromatic N) is 2. The van der Waals surface area contributed by atoms with E-state index in [0.717, 1.165) is 11.6 Å². The molecule has 0 spiro atoms. The monoisotopic (exact) mass is 377 g/mol. The van der Waals surface area contributed by atoms with Crippen LogP contribution in [0.3, 0.4) is 0 Å². The molecular weight excluding hydrogens is 354 g/mol. The van der Waals surface area contributed by atoms with Crippen LogP contribution >= 0.6 is 11.8 Å². The highest BCUT2D eigenvalue weighted by atomic mass is 32.2. The summed E-state index contributed by atoms with van der Waals surface area (Å²) in [7, 11) is 0. The summed E-state index contributed by atoms with van der Waals surface area (Å²) < 4.78 is 1.93. The van der Waals surface area contributed by atoms with Gasteiger partial charge in [-0.15, -0.1) is 11.8 Å². The summed E-state index contributed by atoms with van der Waals surface area (Å²) in [5.74, 6) is 2.24. The van der Waals surface area contributed by atoms with E-state index < -0.39 is 0 Å². The number of benzene rings is 2. The molecule has 1 aromatic heterocycles. The lowest BCUT2D eigenvalue weighted by Gasteiger charge is -2.15. The van der Waals surface area contributed by atoms with Crippen LogP contribution in [0.1, 0.15) is 41.7 Å². The third-order valence-corrected chi connectivity index (χ3v) is 6.05. The summed E-state index contributed by atoms with van der Waals surface area (Å²) in [6, 6.07) is 20.3. The van der Waals surface area contributed by atoms with Crippen molar-refractivity contribution in [1.29, 1.82) is 0 Å². The second-order valence-electron chi connectivity index (χ2n) is 6.99. The van der Waals surface area contributed by atoms with E-state index in [0.29, 0.717) is 17.5 Å². The van der Waals surface area contributed by atoms with Gasteiger partial charge in [-0.05, 0) is 55.5 Å². The standard InChI is InChI=1S/C22H23N3OS/c1-16(18-11-12-18)25-21(13-14-23-25)24-22(26)19-9-7-17(8-10-19)15-27-20-5-3-2-4-6-20/h2-10,13-14,16,18H,11-12,15H2,1H3,(H,24,26). The second kappa shape index (κ2) is 8.01. The van der Waals surface area contributed by atoms with Gasteiger partial charge in [-0.3, -0.25) is 4.79 Å². The fourth-order valence-electron chi connectivity index (χ4n) is 3.14. The fourth-order valence-corrected chi connectivity index (χ4v) is 4.02. The Hall–Kier alpha value is -2.53. The Balaban J connectivity index is 1.37. The molecule has 1 heterocycles. The van der Waals surface area contributed by atoms with Crippen molar-refractivity contribution in [3.8, 4) is 0 Å². The first-order valence-electron chi connectivity index (χ1n) is 9.32. The van der Waals surface area contributed by atoms with Gasteiger partial charge in [0.05, 0.1) is 12.2 Å². The van der Waals surface area contributed by atoms with Crippen molar-refractivity contribution in [2.24, 2.45) is 5.92 Å². The Morgan fingerprint density at radius 3 is 2.59 bits per heavy atom. The lowest BCUT2D eigenvalue weighted by Crippen LogP contribution is -2.18. The molecule has 0 saturated heterocycles. The summed E-state index contributed by atoms with van der Waals surface area (Å²) >= 11 is 1.79. The molecule has 138 valence electrons. The molecule has 1 atom stereocenters. The summed E-state index contributed by atoms with van der Waals surface area (Å²) in [5, 5.41) is 7.39. The number of thioether (sulfide) groups is 1. The Morgan fingerprint density at radius 2 is 1.89 bits per heavy atom. The van der Waals surface area contributed by atoms with Crippen LogP contribution in [0.2, 0.25) is 0 Å². The van der Waals surface area contributed by atoms with Crippen molar-refractivity contribution in [1.82, 2.24) is 9.78 Å². The highest BCUT2D eigenvalue weighted by Gasteiger charge is 2.30. The van der Waals surface area contributed by atoms with Gasteiger partial charge in [0.1, 0.15) is 5.82 Å². The minimum Gasteiger partial charge on any atom is -0.307 e. The van der Waals surface area contributed by atoms with E-state index in [-0.39, 0.29) is 5.91 Å². The van der Waals surface area contributed by atoms with Crippen molar-refractivity contribution in [2.75, 3.05) is 5.32 Å². The molecule has 5 heteroatoms. The molecule has 1 N–H and O–H groups in total. The average Bonchev–Trinajstić information content (AvgIpc) is 3.46. The summed E-state index contributed by atoms with van der Waals surface area (Å²) in [4.78, 5) is 13.9. The van der Waals surface area contributed by atoms with Gasteiger partial charge in [0.25, 0.3) is 5.91 Å². The normalized spacial score (nSPS) is 14.7. The molecule has 1 saturated carbocycles. The molecule has 1 fully saturated rings. The Morgan fingerprint density at radius 1 is 1.15 bits per heavy atom. The summed E-state index contributed by atoms with van der Waals surface area (Å²) in [6.45, 7) is 2.17. The molecule has 1 aliphatic rings. The number of carbonyl (C=O) groups is 1. The number of aromatic nitrogens is 2. The Bertz CT molecular complexity index is 901. The molecule has 0 aliphatic heterocycles. The number of carbonyl (C=O) groups excluding carboxylic acids is 1. The van der Waals surface area contributed by atoms with Crippen molar-refractivity contribution in [2.45, 2.75) is 36.5 Å². The van der Waals surface area contributed by atoms with Gasteiger partial charge in [0.2, 0.25) is 0 Å². The van der Waals surface area contributed by atoms with Gasteiger partial charge in [-0.2, -0.15) is 5.10 Å². The van der Waals surface area contributed by atoms with Gasteiger partial charge in [-0.1, -0.05) is 30.3 Å². The highest BCUT2D eigenvalue weighted by molar-refractivity contribution is 7.98. The molecule has 2 aromatic carbocycles. The maximum absolute atomic E-state index is 12.6. The summed E-state index contributed by atoms with van der Waals surface area (Å²) in [6.07, 6.45) is 4.24. The first-order chi connectivity index (χ1) is 13.2. The molecule has 0 radical (unpaired) electrons. The van der Waals surface area contributed by atoms with Crippen LogP contribution in [0.25, 0.3) is 0 Å². The van der Waals surface area contributed by atoms with Crippen LogP contribution in [0.4, 0.5) is 5.82 Å². The van der Waals surface area contributed by atoms with Gasteiger partial charge in [-0.25, -0.2) is 4.68 Å². The molecule has 27 heavy (non-hydrogen) atoms. The first kappa shape index (κ1) is 17.9. The molecule has 4 nitrogen and oxygen atoms in total. The predicted octanol–water partition coefficient (Wildman–Crippen LogP) is 5.40. The number of hydrogen-bond acceptors (Lipinski definition) is 3. The number of nitrogens with one attached hydrogen (secondary N) is 1. The zero-order valence-corrected chi connectivity index (χ0v) is 16.2. The van der Waals surface area contributed by atoms with E-state index in [1.54, 1.807) is 18.0 Å². The zero-order valence-electron chi connectivity index (χ0n) is 15.3. The van der Waals surface area contributed by atoms with Gasteiger partial charge in [0, 0.05) is 22.3 Å². The van der Waals surface area contributed by atoms with Crippen LogP contribution < -0.4 is 5.32 Å². The zero-order chi connectivity index (χ0) is 18.6. The van der Waals surface area contributed by atoms with Crippen LogP contribution in [0, 0.1) is 5.92 Å². The largest absolute Gasteiger partial charge is 0.307 e. The molecule has 1 aliphatic carbocycles. The van der Waals surface area contributed by atoms with Crippen molar-refractivity contribution in [3.05, 3.63) is 78.0 Å². The number of rotatable bonds is 7. The Labute approximate surface area is 164 Å². The maximum Gasteiger partial charge on any atom is 0.256 e. The maximum atomic E-state index is 12.6. The van der Waals surface area contributed by atoms with Crippen LogP contribution in [-0.2, 0) is 5.75 Å². The van der Waals surface area contributed by atoms with Gasteiger partial charge in [0.15, 0.2) is 0 Å². The van der Waals surface area contributed by atoms with E-state index >= 15 is 0 Å². The lowest BCUT2D eigenvalue weighted by molar-refractivity contribution is 0.102. The van der Waals surface area contributed by atoms with Crippen molar-refractivity contribution >= 4 is 23.5 Å². The van der Waals surface area contributed by atoms with Crippen LogP contribution in [0.15, 0.2) is 71.8 Å². The number of hydrogen-bond donors (Lipinski definition) is 1. The minimum absolute atomic E-state index is 0.0954. The van der Waals surface area contributed by atoms with Gasteiger partial charge < -0.3 is 5.32 Å². The third-order valence-electron chi connectivity index (χ3n) is 4.97. The van der Waals surface area contributed by atoms with Crippen LogP contribution in [0.5, 0.6) is 0 Å². The molecule has 1 amide bonds. The number of amides is 1. The molecule has 0 bridgehead atoms. The second-order valence-corrected chi connectivity index (χ2v) is 8.04. The first-order valence-corrected chi connectivity index (χ1v) is 10.3. The van der Waals surface area contributed by atoms with E-state index in [2.05, 4.69) is 29.5 Å². The fraction of sp³-hybridized carbons (Fsp3) is 0.273. The summed E-state index contributed by atoms with van der Waals surface area (Å²) in [5.41, 5.74) is 1.86. The topological polar surface area (TPSA) is 46.9 Å². The highest BCUT2D eigenvalue weighted by Crippen LogP contribution is 2.40. The number of anilines is 1. The SMILES string of the molecule is CC(C1CC1)n1nccc1NC(=O)c1ccc(CSc2ccccc2)cc1. The Kier molecular flexibility index (Phi) is 5.30. The van der Waals surface area contributed by atoms with E-state index in [4.69, 9.17) is 0 Å². The molecular formula is C22H23N3OS. The minimum atomic E-state index is -0.0954. The van der Waals surface area contributed by atoms with E-state index in [9.17, 15) is 4.79 Å². The molecule has 3 aromatic rings. The smallest absolute Gasteiger partial charge is 0.256 e. The molecule has 4 rings (SSSR count). The third kappa shape index (κ3) is 4.42. The van der Waals surface area contributed by atoms with E-state index in [1.807, 2.05) is 53.2 Å². The van der Waals surface area contributed by atoms with E-state index in [1.165, 1.54) is 23.3 Å². The predicted molar refractivity (Wildman–Crippen MR) is 110 cm³/mol. The van der Waals surface area contributed by atoms with Crippen molar-refractivity contribution in [3.63, 3.8) is 0 Å². The van der Waals surface area contributed by atoms with Crippen molar-refractivity contribution < 1.29 is 4.79 Å².